The molecule has 0 aliphatic carbocycles. The van der Waals surface area contributed by atoms with Gasteiger partial charge in [0.05, 0.1) is 17.8 Å². The molecule has 2 N–H and O–H groups in total. The van der Waals surface area contributed by atoms with Gasteiger partial charge in [-0.25, -0.2) is 0 Å². The number of nitrogens with one attached hydrogen (secondary N) is 2. The Morgan fingerprint density at radius 2 is 1.79 bits per heavy atom. The van der Waals surface area contributed by atoms with Crippen LogP contribution in [-0.4, -0.2) is 29.0 Å². The van der Waals surface area contributed by atoms with Gasteiger partial charge in [0.1, 0.15) is 6.04 Å². The van der Waals surface area contributed by atoms with E-state index in [0.717, 1.165) is 22.9 Å². The topological polar surface area (TPSA) is 53.5 Å². The standard InChI is InChI=1S/C21H22F3N3OS/c1-14(15-8-4-2-5-9-15)25-19(28)13-29-20-26-17(16-10-6-3-7-11-16)12-18(27-20)21(22,23)24/h2-11,14,17-18H,12-13H2,1H3,(H,25,28)(H,26,27)/t14-,17-,18+/m1/s1. The van der Waals surface area contributed by atoms with E-state index in [4.69, 9.17) is 0 Å². The van der Waals surface area contributed by atoms with Gasteiger partial charge in [-0.3, -0.25) is 9.79 Å². The summed E-state index contributed by atoms with van der Waals surface area (Å²) in [6, 6.07) is 15.9. The van der Waals surface area contributed by atoms with E-state index in [1.54, 1.807) is 24.3 Å². The molecule has 4 nitrogen and oxygen atoms in total. The Labute approximate surface area is 172 Å². The number of nitrogens with zero attached hydrogens (tertiary/aromatic N) is 1. The van der Waals surface area contributed by atoms with Gasteiger partial charge in [0.2, 0.25) is 5.91 Å². The first-order valence-electron chi connectivity index (χ1n) is 9.26. The SMILES string of the molecule is C[C@@H](NC(=O)CSC1=N[C@@H](c2ccccc2)C[C@@H](C(F)(F)F)N1)c1ccccc1. The Bertz CT molecular complexity index is 843. The summed E-state index contributed by atoms with van der Waals surface area (Å²) >= 11 is 0.988. The van der Waals surface area contributed by atoms with Crippen LogP contribution < -0.4 is 10.6 Å². The number of hydrogen-bond donors (Lipinski definition) is 2. The summed E-state index contributed by atoms with van der Waals surface area (Å²) in [5.41, 5.74) is 1.68. The van der Waals surface area contributed by atoms with Crippen LogP contribution in [0.25, 0.3) is 0 Å². The van der Waals surface area contributed by atoms with Gasteiger partial charge in [0.15, 0.2) is 5.17 Å². The van der Waals surface area contributed by atoms with Crippen LogP contribution in [-0.2, 0) is 4.79 Å². The highest BCUT2D eigenvalue weighted by Gasteiger charge is 2.43. The van der Waals surface area contributed by atoms with Crippen LogP contribution in [0.2, 0.25) is 0 Å². The second-order valence-corrected chi connectivity index (χ2v) is 7.79. The first-order chi connectivity index (χ1) is 13.8. The summed E-state index contributed by atoms with van der Waals surface area (Å²) in [4.78, 5) is 16.7. The quantitative estimate of drug-likeness (QED) is 0.741. The lowest BCUT2D eigenvalue weighted by atomic mass is 9.98. The van der Waals surface area contributed by atoms with Crippen molar-refractivity contribution in [2.24, 2.45) is 4.99 Å². The largest absolute Gasteiger partial charge is 0.408 e. The molecule has 2 aromatic carbocycles. The number of hydrogen-bond acceptors (Lipinski definition) is 4. The number of carbonyl (C=O) groups excluding carboxylic acids is 1. The highest BCUT2D eigenvalue weighted by molar-refractivity contribution is 8.14. The van der Waals surface area contributed by atoms with E-state index in [0.29, 0.717) is 0 Å². The predicted molar refractivity (Wildman–Crippen MR) is 110 cm³/mol. The summed E-state index contributed by atoms with van der Waals surface area (Å²) in [6.45, 7) is 1.86. The molecule has 0 saturated heterocycles. The number of rotatable bonds is 5. The molecule has 1 amide bonds. The van der Waals surface area contributed by atoms with Gasteiger partial charge in [-0.1, -0.05) is 72.4 Å². The van der Waals surface area contributed by atoms with Crippen LogP contribution in [0.15, 0.2) is 65.7 Å². The zero-order valence-corrected chi connectivity index (χ0v) is 16.6. The minimum atomic E-state index is -4.39. The lowest BCUT2D eigenvalue weighted by Gasteiger charge is -2.31. The van der Waals surface area contributed by atoms with Gasteiger partial charge >= 0.3 is 6.18 Å². The number of carbonyl (C=O) groups is 1. The predicted octanol–water partition coefficient (Wildman–Crippen LogP) is 4.62. The van der Waals surface area contributed by atoms with E-state index in [2.05, 4.69) is 15.6 Å². The second kappa shape index (κ2) is 9.35. The van der Waals surface area contributed by atoms with Crippen LogP contribution in [0.4, 0.5) is 13.2 Å². The molecule has 1 heterocycles. The third-order valence-corrected chi connectivity index (χ3v) is 5.53. The molecule has 0 fully saturated rings. The fourth-order valence-electron chi connectivity index (χ4n) is 3.09. The van der Waals surface area contributed by atoms with E-state index in [9.17, 15) is 18.0 Å². The molecule has 1 aliphatic rings. The molecule has 0 spiro atoms. The highest BCUT2D eigenvalue weighted by atomic mass is 32.2. The summed E-state index contributed by atoms with van der Waals surface area (Å²) in [6.07, 6.45) is -4.56. The highest BCUT2D eigenvalue weighted by Crippen LogP contribution is 2.34. The molecule has 0 saturated carbocycles. The van der Waals surface area contributed by atoms with Crippen molar-refractivity contribution >= 4 is 22.8 Å². The molecule has 3 rings (SSSR count). The van der Waals surface area contributed by atoms with Gasteiger partial charge < -0.3 is 10.6 Å². The third kappa shape index (κ3) is 6.00. The Balaban J connectivity index is 1.64. The number of aliphatic imine (C=N–C) groups is 1. The molecular formula is C21H22F3N3OS. The number of alkyl halides is 3. The van der Waals surface area contributed by atoms with Crippen LogP contribution >= 0.6 is 11.8 Å². The summed E-state index contributed by atoms with van der Waals surface area (Å²) in [5.74, 6) is -0.281. The molecule has 8 heteroatoms. The van der Waals surface area contributed by atoms with Crippen LogP contribution in [0, 0.1) is 0 Å². The van der Waals surface area contributed by atoms with Gasteiger partial charge in [0, 0.05) is 6.42 Å². The first kappa shape index (κ1) is 21.2. The van der Waals surface area contributed by atoms with Crippen LogP contribution in [0.3, 0.4) is 0 Å². The number of halogens is 3. The van der Waals surface area contributed by atoms with Gasteiger partial charge in [-0.2, -0.15) is 13.2 Å². The van der Waals surface area contributed by atoms with Gasteiger partial charge in [-0.15, -0.1) is 0 Å². The minimum Gasteiger partial charge on any atom is -0.353 e. The molecule has 29 heavy (non-hydrogen) atoms. The van der Waals surface area contributed by atoms with Crippen molar-refractivity contribution in [2.45, 2.75) is 37.6 Å². The van der Waals surface area contributed by atoms with Gasteiger partial charge in [0.25, 0.3) is 0 Å². The van der Waals surface area contributed by atoms with Crippen LogP contribution in [0.5, 0.6) is 0 Å². The minimum absolute atomic E-state index is 0.0188. The molecule has 2 aromatic rings. The number of benzene rings is 2. The molecule has 0 unspecified atom stereocenters. The Hall–Kier alpha value is -2.48. The van der Waals surface area contributed by atoms with Crippen molar-refractivity contribution in [1.29, 1.82) is 0 Å². The smallest absolute Gasteiger partial charge is 0.353 e. The summed E-state index contributed by atoms with van der Waals surface area (Å²) in [5, 5.41) is 5.43. The maximum absolute atomic E-state index is 13.4. The van der Waals surface area contributed by atoms with Crippen molar-refractivity contribution in [3.63, 3.8) is 0 Å². The average molecular weight is 421 g/mol. The normalized spacial score (nSPS) is 20.3. The van der Waals surface area contributed by atoms with Crippen molar-refractivity contribution in [2.75, 3.05) is 5.75 Å². The first-order valence-corrected chi connectivity index (χ1v) is 10.2. The Kier molecular flexibility index (Phi) is 6.84. The van der Waals surface area contributed by atoms with E-state index in [1.807, 2.05) is 43.3 Å². The Morgan fingerprint density at radius 1 is 1.17 bits per heavy atom. The van der Waals surface area contributed by atoms with E-state index in [-0.39, 0.29) is 29.3 Å². The zero-order valence-electron chi connectivity index (χ0n) is 15.8. The third-order valence-electron chi connectivity index (χ3n) is 4.63. The molecule has 0 radical (unpaired) electrons. The van der Waals surface area contributed by atoms with Crippen LogP contribution in [0.1, 0.15) is 36.6 Å². The molecule has 3 atom stereocenters. The van der Waals surface area contributed by atoms with Gasteiger partial charge in [-0.05, 0) is 18.1 Å². The molecular weight excluding hydrogens is 399 g/mol. The molecule has 0 aromatic heterocycles. The summed E-state index contributed by atoms with van der Waals surface area (Å²) < 4.78 is 40.1. The molecule has 1 aliphatic heterocycles. The zero-order chi connectivity index (χ0) is 20.9. The Morgan fingerprint density at radius 3 is 2.41 bits per heavy atom. The van der Waals surface area contributed by atoms with E-state index >= 15 is 0 Å². The number of thioether (sulfide) groups is 1. The fourth-order valence-corrected chi connectivity index (χ4v) is 3.86. The number of amides is 1. The fraction of sp³-hybridized carbons (Fsp3) is 0.333. The van der Waals surface area contributed by atoms with E-state index in [1.165, 1.54) is 0 Å². The lowest BCUT2D eigenvalue weighted by Crippen LogP contribution is -2.48. The number of amidine groups is 1. The monoisotopic (exact) mass is 421 g/mol. The van der Waals surface area contributed by atoms with Crippen molar-refractivity contribution < 1.29 is 18.0 Å². The second-order valence-electron chi connectivity index (χ2n) is 6.82. The summed E-state index contributed by atoms with van der Waals surface area (Å²) in [7, 11) is 0. The lowest BCUT2D eigenvalue weighted by molar-refractivity contribution is -0.155. The molecule has 154 valence electrons. The maximum atomic E-state index is 13.4. The van der Waals surface area contributed by atoms with Crippen molar-refractivity contribution in [3.05, 3.63) is 71.8 Å². The van der Waals surface area contributed by atoms with Crippen molar-refractivity contribution in [1.82, 2.24) is 10.6 Å². The molecule has 0 bridgehead atoms. The van der Waals surface area contributed by atoms with Crippen molar-refractivity contribution in [3.8, 4) is 0 Å². The van der Waals surface area contributed by atoms with E-state index < -0.39 is 18.3 Å². The maximum Gasteiger partial charge on any atom is 0.408 e. The average Bonchev–Trinajstić information content (AvgIpc) is 2.72.